The van der Waals surface area contributed by atoms with Crippen LogP contribution in [-0.4, -0.2) is 36.0 Å². The van der Waals surface area contributed by atoms with Gasteiger partial charge in [-0.2, -0.15) is 0 Å². The maximum atomic E-state index is 13.7. The van der Waals surface area contributed by atoms with E-state index in [2.05, 4.69) is 22.8 Å². The van der Waals surface area contributed by atoms with Gasteiger partial charge in [0.25, 0.3) is 5.91 Å². The van der Waals surface area contributed by atoms with Crippen LogP contribution in [0, 0.1) is 5.82 Å². The lowest BCUT2D eigenvalue weighted by molar-refractivity contribution is 0.0892. The van der Waals surface area contributed by atoms with Gasteiger partial charge in [-0.1, -0.05) is 0 Å². The molecule has 1 aromatic carbocycles. The second kappa shape index (κ2) is 5.74. The van der Waals surface area contributed by atoms with Crippen LogP contribution in [0.5, 0.6) is 0 Å². The number of nitrogens with one attached hydrogen (secondary N) is 1. The molecule has 0 aliphatic carbocycles. The molecule has 0 radical (unpaired) electrons. The van der Waals surface area contributed by atoms with Crippen molar-refractivity contribution in [1.29, 1.82) is 0 Å². The summed E-state index contributed by atoms with van der Waals surface area (Å²) in [6, 6.07) is 5.07. The molecule has 20 heavy (non-hydrogen) atoms. The fraction of sp³-hybridized carbons (Fsp3) is 0.533. The van der Waals surface area contributed by atoms with Crippen LogP contribution < -0.4 is 5.32 Å². The van der Waals surface area contributed by atoms with Crippen LogP contribution in [0.1, 0.15) is 36.0 Å². The van der Waals surface area contributed by atoms with E-state index in [4.69, 9.17) is 0 Å². The second-order valence-electron chi connectivity index (χ2n) is 5.69. The average Bonchev–Trinajstić information content (AvgIpc) is 2.89. The zero-order chi connectivity index (χ0) is 14.1. The average molecular weight is 294 g/mol. The highest BCUT2D eigenvalue weighted by Crippen LogP contribution is 2.27. The van der Waals surface area contributed by atoms with Crippen LogP contribution >= 0.6 is 12.6 Å². The van der Waals surface area contributed by atoms with Gasteiger partial charge in [-0.3, -0.25) is 4.79 Å². The van der Waals surface area contributed by atoms with E-state index in [0.29, 0.717) is 10.9 Å². The molecule has 2 saturated heterocycles. The first kappa shape index (κ1) is 13.9. The fourth-order valence-corrected chi connectivity index (χ4v) is 3.51. The van der Waals surface area contributed by atoms with E-state index in [1.807, 2.05) is 0 Å². The molecule has 108 valence electrons. The monoisotopic (exact) mass is 294 g/mol. The zero-order valence-electron chi connectivity index (χ0n) is 11.3. The molecule has 0 aromatic heterocycles. The Morgan fingerprint density at radius 1 is 1.35 bits per heavy atom. The molecule has 2 aliphatic rings. The number of benzene rings is 1. The number of piperidine rings is 1. The van der Waals surface area contributed by atoms with Crippen LogP contribution in [0.3, 0.4) is 0 Å². The summed E-state index contributed by atoms with van der Waals surface area (Å²) in [6.45, 7) is 2.21. The number of hydrogen-bond acceptors (Lipinski definition) is 3. The third-order valence-electron chi connectivity index (χ3n) is 4.35. The van der Waals surface area contributed by atoms with Gasteiger partial charge in [0.05, 0.1) is 5.56 Å². The van der Waals surface area contributed by atoms with Crippen molar-refractivity contribution in [2.45, 2.75) is 42.7 Å². The predicted octanol–water partition coefficient (Wildman–Crippen LogP) is 2.47. The highest BCUT2D eigenvalue weighted by atomic mass is 32.1. The van der Waals surface area contributed by atoms with Gasteiger partial charge in [0.2, 0.25) is 0 Å². The third-order valence-corrected chi connectivity index (χ3v) is 4.63. The molecule has 1 aromatic rings. The molecule has 2 fully saturated rings. The minimum atomic E-state index is -0.487. The first-order valence-electron chi connectivity index (χ1n) is 7.17. The van der Waals surface area contributed by atoms with E-state index in [0.717, 1.165) is 19.4 Å². The summed E-state index contributed by atoms with van der Waals surface area (Å²) in [5.41, 5.74) is 0.0892. The Bertz CT molecular complexity index is 523. The van der Waals surface area contributed by atoms with Crippen LogP contribution in [0.2, 0.25) is 0 Å². The molecule has 0 bridgehead atoms. The molecule has 2 unspecified atom stereocenters. The van der Waals surface area contributed by atoms with E-state index in [1.165, 1.54) is 31.5 Å². The van der Waals surface area contributed by atoms with Crippen molar-refractivity contribution in [3.05, 3.63) is 29.6 Å². The summed E-state index contributed by atoms with van der Waals surface area (Å²) in [7, 11) is 0. The van der Waals surface area contributed by atoms with E-state index in [1.54, 1.807) is 6.07 Å². The van der Waals surface area contributed by atoms with Gasteiger partial charge >= 0.3 is 0 Å². The van der Waals surface area contributed by atoms with Gasteiger partial charge < -0.3 is 10.2 Å². The van der Waals surface area contributed by atoms with Gasteiger partial charge in [-0.05, 0) is 50.4 Å². The standard InChI is InChI=1S/C15H19FN2OS/c16-14-4-3-12(20)9-13(14)15(19)17-10-5-7-18-6-1-2-11(18)8-10/h3-4,9-11,20H,1-2,5-8H2,(H,17,19). The minimum absolute atomic E-state index is 0.0892. The highest BCUT2D eigenvalue weighted by Gasteiger charge is 2.32. The molecule has 2 aliphatic heterocycles. The number of fused-ring (bicyclic) bond motifs is 1. The Morgan fingerprint density at radius 3 is 3.05 bits per heavy atom. The summed E-state index contributed by atoms with van der Waals surface area (Å²) >= 11 is 4.16. The quantitative estimate of drug-likeness (QED) is 0.821. The third kappa shape index (κ3) is 2.83. The van der Waals surface area contributed by atoms with Crippen LogP contribution in [0.15, 0.2) is 23.1 Å². The van der Waals surface area contributed by atoms with Crippen molar-refractivity contribution in [2.24, 2.45) is 0 Å². The van der Waals surface area contributed by atoms with E-state index in [-0.39, 0.29) is 17.5 Å². The molecule has 1 amide bonds. The number of hydrogen-bond donors (Lipinski definition) is 2. The maximum absolute atomic E-state index is 13.7. The van der Waals surface area contributed by atoms with Crippen molar-refractivity contribution in [3.8, 4) is 0 Å². The Hall–Kier alpha value is -1.07. The molecule has 2 atom stereocenters. The summed E-state index contributed by atoms with van der Waals surface area (Å²) in [5, 5.41) is 2.98. The maximum Gasteiger partial charge on any atom is 0.254 e. The Balaban J connectivity index is 1.65. The molecular weight excluding hydrogens is 275 g/mol. The first-order valence-corrected chi connectivity index (χ1v) is 7.61. The van der Waals surface area contributed by atoms with Gasteiger partial charge in [0, 0.05) is 23.5 Å². The van der Waals surface area contributed by atoms with Crippen molar-refractivity contribution in [2.75, 3.05) is 13.1 Å². The largest absolute Gasteiger partial charge is 0.349 e. The smallest absolute Gasteiger partial charge is 0.254 e. The first-order chi connectivity index (χ1) is 9.63. The lowest BCUT2D eigenvalue weighted by Gasteiger charge is -2.35. The van der Waals surface area contributed by atoms with E-state index < -0.39 is 5.82 Å². The Morgan fingerprint density at radius 2 is 2.20 bits per heavy atom. The van der Waals surface area contributed by atoms with E-state index >= 15 is 0 Å². The van der Waals surface area contributed by atoms with Crippen molar-refractivity contribution >= 4 is 18.5 Å². The lowest BCUT2D eigenvalue weighted by atomic mass is 9.97. The SMILES string of the molecule is O=C(NC1CCN2CCCC2C1)c1cc(S)ccc1F. The summed E-state index contributed by atoms with van der Waals surface area (Å²) in [4.78, 5) is 15.3. The number of rotatable bonds is 2. The normalized spacial score (nSPS) is 26.3. The van der Waals surface area contributed by atoms with Crippen molar-refractivity contribution < 1.29 is 9.18 Å². The summed E-state index contributed by atoms with van der Waals surface area (Å²) < 4.78 is 13.7. The number of nitrogens with zero attached hydrogens (tertiary/aromatic N) is 1. The molecule has 0 saturated carbocycles. The molecule has 5 heteroatoms. The van der Waals surface area contributed by atoms with Gasteiger partial charge in [0.15, 0.2) is 0 Å². The van der Waals surface area contributed by atoms with Gasteiger partial charge in [-0.25, -0.2) is 4.39 Å². The van der Waals surface area contributed by atoms with Crippen molar-refractivity contribution in [3.63, 3.8) is 0 Å². The molecule has 1 N–H and O–H groups in total. The molecule has 3 nitrogen and oxygen atoms in total. The van der Waals surface area contributed by atoms with Gasteiger partial charge in [-0.15, -0.1) is 12.6 Å². The molecule has 3 rings (SSSR count). The Labute approximate surface area is 123 Å². The summed E-state index contributed by atoms with van der Waals surface area (Å²) in [6.07, 6.45) is 4.40. The van der Waals surface area contributed by atoms with E-state index in [9.17, 15) is 9.18 Å². The van der Waals surface area contributed by atoms with Crippen LogP contribution in [-0.2, 0) is 0 Å². The predicted molar refractivity (Wildman–Crippen MR) is 78.7 cm³/mol. The highest BCUT2D eigenvalue weighted by molar-refractivity contribution is 7.80. The fourth-order valence-electron chi connectivity index (χ4n) is 3.31. The Kier molecular flexibility index (Phi) is 3.98. The topological polar surface area (TPSA) is 32.3 Å². The lowest BCUT2D eigenvalue weighted by Crippen LogP contribution is -2.47. The van der Waals surface area contributed by atoms with Gasteiger partial charge in [0.1, 0.15) is 5.82 Å². The second-order valence-corrected chi connectivity index (χ2v) is 6.21. The minimum Gasteiger partial charge on any atom is -0.349 e. The molecule has 2 heterocycles. The number of thiol groups is 1. The molecule has 0 spiro atoms. The summed E-state index contributed by atoms with van der Waals surface area (Å²) in [5.74, 6) is -0.812. The number of carbonyl (C=O) groups is 1. The van der Waals surface area contributed by atoms with Crippen LogP contribution in [0.25, 0.3) is 0 Å². The zero-order valence-corrected chi connectivity index (χ0v) is 12.2. The number of halogens is 1. The number of carbonyl (C=O) groups excluding carboxylic acids is 1. The number of amides is 1. The van der Waals surface area contributed by atoms with Crippen molar-refractivity contribution in [1.82, 2.24) is 10.2 Å². The van der Waals surface area contributed by atoms with Crippen LogP contribution in [0.4, 0.5) is 4.39 Å². The molecular formula is C15H19FN2OS.